The van der Waals surface area contributed by atoms with E-state index in [9.17, 15) is 9.59 Å². The van der Waals surface area contributed by atoms with E-state index in [1.54, 1.807) is 6.20 Å². The number of carbonyl (C=O) groups excluding carboxylic acids is 1. The van der Waals surface area contributed by atoms with E-state index in [1.165, 1.54) is 4.57 Å². The van der Waals surface area contributed by atoms with Crippen LogP contribution in [-0.2, 0) is 11.2 Å². The fourth-order valence-electron chi connectivity index (χ4n) is 2.15. The summed E-state index contributed by atoms with van der Waals surface area (Å²) in [5, 5.41) is 0. The number of hydrogen-bond donors (Lipinski definition) is 0. The Kier molecular flexibility index (Phi) is 5.67. The van der Waals surface area contributed by atoms with Crippen LogP contribution >= 0.6 is 0 Å². The van der Waals surface area contributed by atoms with Gasteiger partial charge in [-0.1, -0.05) is 33.3 Å². The molecule has 0 N–H and O–H groups in total. The van der Waals surface area contributed by atoms with Gasteiger partial charge in [0.1, 0.15) is 6.04 Å². The van der Waals surface area contributed by atoms with Crippen molar-refractivity contribution in [3.8, 4) is 0 Å². The van der Waals surface area contributed by atoms with E-state index in [-0.39, 0.29) is 11.5 Å². The Morgan fingerprint density at radius 2 is 2.16 bits per heavy atom. The van der Waals surface area contributed by atoms with E-state index in [0.717, 1.165) is 18.4 Å². The third-order valence-electron chi connectivity index (χ3n) is 3.04. The molecule has 0 saturated carbocycles. The molecule has 1 aromatic heterocycles. The topological polar surface area (TPSA) is 51.4 Å². The normalized spacial score (nSPS) is 12.4. The van der Waals surface area contributed by atoms with E-state index < -0.39 is 6.04 Å². The Morgan fingerprint density at radius 1 is 1.47 bits per heavy atom. The molecular weight excluding hydrogens is 240 g/mol. The maximum absolute atomic E-state index is 12.4. The quantitative estimate of drug-likeness (QED) is 0.740. The average molecular weight is 262 g/mol. The number of aliphatic imine (C=N–C) groups is 1. The molecule has 0 bridgehead atoms. The van der Waals surface area contributed by atoms with Crippen molar-refractivity contribution in [1.29, 1.82) is 0 Å². The summed E-state index contributed by atoms with van der Waals surface area (Å²) in [4.78, 5) is 27.7. The maximum Gasteiger partial charge on any atom is 0.268 e. The molecule has 19 heavy (non-hydrogen) atoms. The molecule has 0 aliphatic rings. The Bertz CT molecular complexity index is 503. The average Bonchev–Trinajstić information content (AvgIpc) is 2.38. The largest absolute Gasteiger partial charge is 0.303 e. The molecule has 0 saturated heterocycles. The van der Waals surface area contributed by atoms with Gasteiger partial charge in [-0.05, 0) is 31.5 Å². The SMILES string of the molecule is C=NC(=O)C(CC(C)C)n1cccc(CCC)c1=O. The number of nitrogens with zero attached hydrogens (tertiary/aromatic N) is 2. The first-order valence-corrected chi connectivity index (χ1v) is 6.71. The first-order valence-electron chi connectivity index (χ1n) is 6.71. The van der Waals surface area contributed by atoms with Crippen molar-refractivity contribution in [2.75, 3.05) is 0 Å². The van der Waals surface area contributed by atoms with Crippen LogP contribution < -0.4 is 5.56 Å². The van der Waals surface area contributed by atoms with Gasteiger partial charge in [0, 0.05) is 11.8 Å². The lowest BCUT2D eigenvalue weighted by Crippen LogP contribution is -2.31. The smallest absolute Gasteiger partial charge is 0.268 e. The van der Waals surface area contributed by atoms with Crippen molar-refractivity contribution < 1.29 is 4.79 Å². The first kappa shape index (κ1) is 15.3. The molecule has 0 radical (unpaired) electrons. The Balaban J connectivity index is 3.22. The van der Waals surface area contributed by atoms with Gasteiger partial charge < -0.3 is 4.57 Å². The van der Waals surface area contributed by atoms with Gasteiger partial charge in [0.05, 0.1) is 0 Å². The minimum absolute atomic E-state index is 0.0907. The van der Waals surface area contributed by atoms with Crippen LogP contribution in [-0.4, -0.2) is 17.2 Å². The van der Waals surface area contributed by atoms with Gasteiger partial charge in [-0.3, -0.25) is 9.59 Å². The second-order valence-electron chi connectivity index (χ2n) is 5.14. The van der Waals surface area contributed by atoms with Gasteiger partial charge >= 0.3 is 0 Å². The summed E-state index contributed by atoms with van der Waals surface area (Å²) in [6, 6.07) is 3.10. The summed E-state index contributed by atoms with van der Waals surface area (Å²) in [7, 11) is 0. The van der Waals surface area contributed by atoms with E-state index in [1.807, 2.05) is 32.9 Å². The molecule has 104 valence electrons. The van der Waals surface area contributed by atoms with Crippen LogP contribution in [0.3, 0.4) is 0 Å². The zero-order valence-corrected chi connectivity index (χ0v) is 11.9. The van der Waals surface area contributed by atoms with Gasteiger partial charge in [0.25, 0.3) is 11.5 Å². The number of rotatable bonds is 6. The number of carbonyl (C=O) groups is 1. The van der Waals surface area contributed by atoms with Gasteiger partial charge in [-0.2, -0.15) is 0 Å². The van der Waals surface area contributed by atoms with E-state index in [4.69, 9.17) is 0 Å². The van der Waals surface area contributed by atoms with Gasteiger partial charge in [0.2, 0.25) is 0 Å². The van der Waals surface area contributed by atoms with Crippen LogP contribution in [0.1, 0.15) is 45.2 Å². The molecule has 1 rings (SSSR count). The molecule has 0 aliphatic carbocycles. The zero-order valence-electron chi connectivity index (χ0n) is 11.9. The monoisotopic (exact) mass is 262 g/mol. The van der Waals surface area contributed by atoms with Crippen molar-refractivity contribution in [3.05, 3.63) is 34.2 Å². The Hall–Kier alpha value is -1.71. The predicted octanol–water partition coefficient (Wildman–Crippen LogP) is 2.62. The minimum atomic E-state index is -0.540. The first-order chi connectivity index (χ1) is 9.01. The summed E-state index contributed by atoms with van der Waals surface area (Å²) >= 11 is 0. The van der Waals surface area contributed by atoms with E-state index >= 15 is 0 Å². The molecule has 0 aliphatic heterocycles. The highest BCUT2D eigenvalue weighted by molar-refractivity contribution is 5.84. The summed E-state index contributed by atoms with van der Waals surface area (Å²) in [6.07, 6.45) is 3.89. The van der Waals surface area contributed by atoms with Crippen LogP contribution in [0.5, 0.6) is 0 Å². The summed E-state index contributed by atoms with van der Waals surface area (Å²) < 4.78 is 1.50. The van der Waals surface area contributed by atoms with Gasteiger partial charge in [-0.25, -0.2) is 4.99 Å². The molecule has 1 heterocycles. The maximum atomic E-state index is 12.4. The van der Waals surface area contributed by atoms with Crippen molar-refractivity contribution >= 4 is 12.6 Å². The number of pyridine rings is 1. The third-order valence-corrected chi connectivity index (χ3v) is 3.04. The van der Waals surface area contributed by atoms with Crippen molar-refractivity contribution in [2.24, 2.45) is 10.9 Å². The fraction of sp³-hybridized carbons (Fsp3) is 0.533. The van der Waals surface area contributed by atoms with Crippen molar-refractivity contribution in [3.63, 3.8) is 0 Å². The highest BCUT2D eigenvalue weighted by Crippen LogP contribution is 2.18. The van der Waals surface area contributed by atoms with Crippen LogP contribution in [0.15, 0.2) is 28.1 Å². The molecule has 1 amide bonds. The minimum Gasteiger partial charge on any atom is -0.303 e. The van der Waals surface area contributed by atoms with E-state index in [0.29, 0.717) is 12.3 Å². The lowest BCUT2D eigenvalue weighted by Gasteiger charge is -2.19. The predicted molar refractivity (Wildman–Crippen MR) is 77.7 cm³/mol. The lowest BCUT2D eigenvalue weighted by atomic mass is 10.0. The molecule has 1 aromatic rings. The van der Waals surface area contributed by atoms with E-state index in [2.05, 4.69) is 11.7 Å². The van der Waals surface area contributed by atoms with Crippen LogP contribution in [0.2, 0.25) is 0 Å². The third kappa shape index (κ3) is 3.88. The highest BCUT2D eigenvalue weighted by atomic mass is 16.2. The molecule has 0 aromatic carbocycles. The zero-order chi connectivity index (χ0) is 14.4. The van der Waals surface area contributed by atoms with Crippen LogP contribution in [0, 0.1) is 5.92 Å². The fourth-order valence-corrected chi connectivity index (χ4v) is 2.15. The Labute approximate surface area is 114 Å². The number of hydrogen-bond acceptors (Lipinski definition) is 2. The van der Waals surface area contributed by atoms with Crippen LogP contribution in [0.4, 0.5) is 0 Å². The second-order valence-corrected chi connectivity index (χ2v) is 5.14. The van der Waals surface area contributed by atoms with Crippen LogP contribution in [0.25, 0.3) is 0 Å². The second kappa shape index (κ2) is 7.02. The molecular formula is C15H22N2O2. The molecule has 1 atom stereocenters. The highest BCUT2D eigenvalue weighted by Gasteiger charge is 2.22. The van der Waals surface area contributed by atoms with Crippen molar-refractivity contribution in [2.45, 2.75) is 46.1 Å². The van der Waals surface area contributed by atoms with Gasteiger partial charge in [0.15, 0.2) is 0 Å². The lowest BCUT2D eigenvalue weighted by molar-refractivity contribution is -0.121. The summed E-state index contributed by atoms with van der Waals surface area (Å²) in [5.74, 6) is -0.0399. The molecule has 4 heteroatoms. The molecule has 0 fully saturated rings. The summed E-state index contributed by atoms with van der Waals surface area (Å²) in [5.41, 5.74) is 0.655. The van der Waals surface area contributed by atoms with Crippen molar-refractivity contribution in [1.82, 2.24) is 4.57 Å². The molecule has 1 unspecified atom stereocenters. The van der Waals surface area contributed by atoms with Gasteiger partial charge in [-0.15, -0.1) is 0 Å². The summed E-state index contributed by atoms with van der Waals surface area (Å²) in [6.45, 7) is 9.35. The standard InChI is InChI=1S/C15H22N2O2/c1-5-7-12-8-6-9-17(15(12)19)13(10-11(2)3)14(18)16-4/h6,8-9,11,13H,4-5,7,10H2,1-3H3. The number of aryl methyl sites for hydroxylation is 1. The number of amides is 1. The Morgan fingerprint density at radius 3 is 2.68 bits per heavy atom. The molecule has 0 spiro atoms. The molecule has 4 nitrogen and oxygen atoms in total. The number of aromatic nitrogens is 1.